The highest BCUT2D eigenvalue weighted by atomic mass is 79.9. The number of nitrogens with zero attached hydrogens (tertiary/aromatic N) is 4. The van der Waals surface area contributed by atoms with Crippen LogP contribution in [0.4, 0.5) is 0 Å². The summed E-state index contributed by atoms with van der Waals surface area (Å²) in [5.41, 5.74) is 0.0455. The Kier molecular flexibility index (Phi) is 6.50. The number of aromatic nitrogens is 3. The lowest BCUT2D eigenvalue weighted by Gasteiger charge is -2.41. The van der Waals surface area contributed by atoms with Gasteiger partial charge in [-0.3, -0.25) is 9.67 Å². The van der Waals surface area contributed by atoms with Crippen LogP contribution in [-0.2, 0) is 24.8 Å². The molecular weight excluding hydrogens is 560 g/mol. The molecule has 2 aromatic heterocycles. The van der Waals surface area contributed by atoms with Gasteiger partial charge in [0.05, 0.1) is 36.9 Å². The maximum absolute atomic E-state index is 12.9. The zero-order valence-electron chi connectivity index (χ0n) is 22.0. The van der Waals surface area contributed by atoms with E-state index in [1.165, 1.54) is 7.11 Å². The van der Waals surface area contributed by atoms with E-state index in [9.17, 15) is 10.2 Å². The number of hydrogen-bond acceptors (Lipinski definition) is 7. The van der Waals surface area contributed by atoms with Crippen LogP contribution in [0, 0.1) is 5.92 Å². The molecule has 1 saturated carbocycles. The fraction of sp³-hybridized carbons (Fsp3) is 0.333. The number of methoxy groups -OCH3 is 1. The molecule has 0 spiro atoms. The van der Waals surface area contributed by atoms with Crippen molar-refractivity contribution < 1.29 is 19.7 Å². The standard InChI is InChI=1S/C30H31BrN4O4/c1-34(17-22-13-14-33-35(22)2)18-23-26(19-7-5-4-6-8-19)30(20-9-11-21(31)12-10-20)29(37,28(23)36)27-24(38-3)15-32-16-25(27)39-30/h4-16,23,26,28,36-37H,17-18H2,1-3H3. The second-order valence-corrected chi connectivity index (χ2v) is 11.4. The third-order valence-corrected chi connectivity index (χ3v) is 8.85. The maximum Gasteiger partial charge on any atom is 0.177 e. The summed E-state index contributed by atoms with van der Waals surface area (Å²) >= 11 is 3.54. The zero-order valence-corrected chi connectivity index (χ0v) is 23.6. The van der Waals surface area contributed by atoms with Crippen LogP contribution < -0.4 is 9.47 Å². The van der Waals surface area contributed by atoms with E-state index in [-0.39, 0.29) is 0 Å². The predicted molar refractivity (Wildman–Crippen MR) is 149 cm³/mol. The van der Waals surface area contributed by atoms with E-state index in [1.807, 2.05) is 79.4 Å². The summed E-state index contributed by atoms with van der Waals surface area (Å²) in [4.78, 5) is 6.46. The van der Waals surface area contributed by atoms with Crippen molar-refractivity contribution in [2.24, 2.45) is 13.0 Å². The Labute approximate surface area is 236 Å². The molecule has 2 N–H and O–H groups in total. The summed E-state index contributed by atoms with van der Waals surface area (Å²) in [6.45, 7) is 1.13. The van der Waals surface area contributed by atoms with Gasteiger partial charge in [0.2, 0.25) is 0 Å². The summed E-state index contributed by atoms with van der Waals surface area (Å²) < 4.78 is 15.3. The number of fused-ring (bicyclic) bond motifs is 3. The molecule has 2 aliphatic rings. The number of hydrogen-bond donors (Lipinski definition) is 2. The monoisotopic (exact) mass is 590 g/mol. The van der Waals surface area contributed by atoms with E-state index in [2.05, 4.69) is 30.9 Å². The van der Waals surface area contributed by atoms with Crippen LogP contribution in [0.15, 0.2) is 83.7 Å². The van der Waals surface area contributed by atoms with Crippen molar-refractivity contribution in [3.05, 3.63) is 106 Å². The largest absolute Gasteiger partial charge is 0.495 e. The number of pyridine rings is 1. The molecule has 5 unspecified atom stereocenters. The van der Waals surface area contributed by atoms with Crippen molar-refractivity contribution in [2.45, 2.75) is 29.8 Å². The van der Waals surface area contributed by atoms with Crippen molar-refractivity contribution in [1.82, 2.24) is 19.7 Å². The number of halogens is 1. The minimum atomic E-state index is -1.82. The van der Waals surface area contributed by atoms with Gasteiger partial charge in [0.1, 0.15) is 11.5 Å². The average molecular weight is 592 g/mol. The lowest BCUT2D eigenvalue weighted by atomic mass is 9.70. The second-order valence-electron chi connectivity index (χ2n) is 10.5. The molecule has 8 nitrogen and oxygen atoms in total. The third kappa shape index (κ3) is 3.82. The number of benzene rings is 2. The number of ether oxygens (including phenoxy) is 2. The topological polar surface area (TPSA) is 92.9 Å². The van der Waals surface area contributed by atoms with Gasteiger partial charge in [0, 0.05) is 42.6 Å². The number of aliphatic hydroxyl groups excluding tert-OH is 1. The van der Waals surface area contributed by atoms with Crippen LogP contribution in [-0.4, -0.2) is 56.7 Å². The molecule has 0 saturated heterocycles. The average Bonchev–Trinajstić information content (AvgIpc) is 3.52. The van der Waals surface area contributed by atoms with E-state index in [0.29, 0.717) is 30.2 Å². The molecule has 0 bridgehead atoms. The van der Waals surface area contributed by atoms with E-state index >= 15 is 0 Å². The van der Waals surface area contributed by atoms with Gasteiger partial charge in [0.25, 0.3) is 0 Å². The fourth-order valence-electron chi connectivity index (χ4n) is 6.69. The molecule has 1 aliphatic carbocycles. The first-order valence-electron chi connectivity index (χ1n) is 12.9. The van der Waals surface area contributed by atoms with Crippen molar-refractivity contribution >= 4 is 15.9 Å². The molecule has 202 valence electrons. The molecule has 0 amide bonds. The summed E-state index contributed by atoms with van der Waals surface area (Å²) in [6.07, 6.45) is 3.75. The Balaban J connectivity index is 1.56. The van der Waals surface area contributed by atoms with Crippen molar-refractivity contribution in [2.75, 3.05) is 20.7 Å². The van der Waals surface area contributed by atoms with Gasteiger partial charge < -0.3 is 24.6 Å². The van der Waals surface area contributed by atoms with E-state index in [0.717, 1.165) is 21.3 Å². The van der Waals surface area contributed by atoms with Gasteiger partial charge in [-0.2, -0.15) is 5.10 Å². The van der Waals surface area contributed by atoms with Crippen LogP contribution in [0.3, 0.4) is 0 Å². The van der Waals surface area contributed by atoms with Gasteiger partial charge >= 0.3 is 0 Å². The highest BCUT2D eigenvalue weighted by Crippen LogP contribution is 2.69. The maximum atomic E-state index is 12.9. The summed E-state index contributed by atoms with van der Waals surface area (Å²) in [7, 11) is 5.47. The molecule has 4 aromatic rings. The third-order valence-electron chi connectivity index (χ3n) is 8.32. The van der Waals surface area contributed by atoms with Crippen LogP contribution in [0.2, 0.25) is 0 Å². The minimum absolute atomic E-state index is 0.378. The van der Waals surface area contributed by atoms with Gasteiger partial charge in [0.15, 0.2) is 11.2 Å². The summed E-state index contributed by atoms with van der Waals surface area (Å²) in [6, 6.07) is 19.8. The highest BCUT2D eigenvalue weighted by Gasteiger charge is 2.76. The Hall–Kier alpha value is -3.24. The van der Waals surface area contributed by atoms with Gasteiger partial charge in [-0.15, -0.1) is 0 Å². The van der Waals surface area contributed by atoms with Crippen LogP contribution in [0.5, 0.6) is 11.5 Å². The lowest BCUT2D eigenvalue weighted by molar-refractivity contribution is -0.152. The van der Waals surface area contributed by atoms with Crippen molar-refractivity contribution in [1.29, 1.82) is 0 Å². The van der Waals surface area contributed by atoms with E-state index in [4.69, 9.17) is 9.47 Å². The first kappa shape index (κ1) is 26.0. The van der Waals surface area contributed by atoms with Crippen molar-refractivity contribution in [3.8, 4) is 11.5 Å². The quantitative estimate of drug-likeness (QED) is 0.336. The second kappa shape index (κ2) is 9.75. The van der Waals surface area contributed by atoms with E-state index < -0.39 is 29.1 Å². The molecule has 0 radical (unpaired) electrons. The molecule has 1 fully saturated rings. The zero-order chi connectivity index (χ0) is 27.4. The molecule has 1 aliphatic heterocycles. The normalized spacial score (nSPS) is 27.3. The molecule has 2 aromatic carbocycles. The smallest absolute Gasteiger partial charge is 0.177 e. The molecular formula is C30H31BrN4O4. The van der Waals surface area contributed by atoms with Gasteiger partial charge in [-0.25, -0.2) is 0 Å². The Bertz CT molecular complexity index is 1480. The molecule has 39 heavy (non-hydrogen) atoms. The Morgan fingerprint density at radius 3 is 2.51 bits per heavy atom. The van der Waals surface area contributed by atoms with Gasteiger partial charge in [-0.1, -0.05) is 58.4 Å². The summed E-state index contributed by atoms with van der Waals surface area (Å²) in [5, 5.41) is 29.5. The highest BCUT2D eigenvalue weighted by molar-refractivity contribution is 9.10. The number of aryl methyl sites for hydroxylation is 1. The van der Waals surface area contributed by atoms with Crippen LogP contribution in [0.1, 0.15) is 28.3 Å². The summed E-state index contributed by atoms with van der Waals surface area (Å²) in [5.74, 6) is -0.0264. The molecule has 5 atom stereocenters. The minimum Gasteiger partial charge on any atom is -0.495 e. The number of aliphatic hydroxyl groups is 2. The Morgan fingerprint density at radius 1 is 1.10 bits per heavy atom. The molecule has 6 rings (SSSR count). The number of rotatable bonds is 7. The lowest BCUT2D eigenvalue weighted by Crippen LogP contribution is -2.52. The first-order valence-corrected chi connectivity index (χ1v) is 13.7. The Morgan fingerprint density at radius 2 is 1.85 bits per heavy atom. The molecule has 9 heteroatoms. The predicted octanol–water partition coefficient (Wildman–Crippen LogP) is 3.97. The van der Waals surface area contributed by atoms with Crippen molar-refractivity contribution in [3.63, 3.8) is 0 Å². The van der Waals surface area contributed by atoms with Crippen LogP contribution >= 0.6 is 15.9 Å². The fourth-order valence-corrected chi connectivity index (χ4v) is 6.95. The first-order chi connectivity index (χ1) is 18.8. The van der Waals surface area contributed by atoms with Gasteiger partial charge in [-0.05, 0) is 36.4 Å². The van der Waals surface area contributed by atoms with E-state index in [1.54, 1.807) is 18.6 Å². The SMILES string of the molecule is COc1cncc2c1C1(O)C(O)C(CN(C)Cc3ccnn3C)C(c3ccccc3)C1(c1ccc(Br)cc1)O2. The van der Waals surface area contributed by atoms with Crippen LogP contribution in [0.25, 0.3) is 0 Å². The molecule has 3 heterocycles.